The number of rotatable bonds is 8. The van der Waals surface area contributed by atoms with Gasteiger partial charge in [-0.25, -0.2) is 0 Å². The molecule has 0 spiro atoms. The van der Waals surface area contributed by atoms with Gasteiger partial charge in [0.25, 0.3) is 0 Å². The first-order valence-electron chi connectivity index (χ1n) is 12.6. The Labute approximate surface area is 214 Å². The van der Waals surface area contributed by atoms with Crippen LogP contribution >= 0.6 is 0 Å². The van der Waals surface area contributed by atoms with E-state index in [0.29, 0.717) is 6.54 Å². The number of benzene rings is 5. The second-order valence-electron chi connectivity index (χ2n) is 9.00. The molecule has 0 aromatic heterocycles. The first-order valence-corrected chi connectivity index (χ1v) is 12.6. The number of hydrogen-bond acceptors (Lipinski definition) is 2. The smallest absolute Gasteiger partial charge is 0.0453 e. The van der Waals surface area contributed by atoms with E-state index in [0.717, 1.165) is 13.0 Å². The summed E-state index contributed by atoms with van der Waals surface area (Å²) in [6.07, 6.45) is 5.15. The van der Waals surface area contributed by atoms with Crippen LogP contribution in [0.5, 0.6) is 0 Å². The third kappa shape index (κ3) is 4.95. The van der Waals surface area contributed by atoms with Crippen molar-refractivity contribution in [3.05, 3.63) is 133 Å². The Bertz CT molecular complexity index is 1450. The number of hydrogen-bond donors (Lipinski definition) is 1. The van der Waals surface area contributed by atoms with Crippen molar-refractivity contribution < 1.29 is 0 Å². The fourth-order valence-corrected chi connectivity index (χ4v) is 4.87. The standard InChI is InChI=1S/C34H32N2/c1-2-3-24-36(31-18-14-28(15-19-31)26-10-6-4-7-11-26)34-21-17-30-25-29(27-12-8-5-9-13-27)16-20-32(30)33(34)22-23-35/h2-21,25H,22-24,35H2,1H3/b3-2-. The molecule has 36 heavy (non-hydrogen) atoms. The average Bonchev–Trinajstić information content (AvgIpc) is 2.95. The molecule has 2 nitrogen and oxygen atoms in total. The Morgan fingerprint density at radius 3 is 1.92 bits per heavy atom. The fourth-order valence-electron chi connectivity index (χ4n) is 4.87. The van der Waals surface area contributed by atoms with E-state index < -0.39 is 0 Å². The number of fused-ring (bicyclic) bond motifs is 1. The van der Waals surface area contributed by atoms with Crippen molar-refractivity contribution in [2.24, 2.45) is 5.73 Å². The molecule has 0 fully saturated rings. The highest BCUT2D eigenvalue weighted by molar-refractivity contribution is 5.94. The van der Waals surface area contributed by atoms with Crippen LogP contribution in [0.25, 0.3) is 33.0 Å². The molecule has 5 rings (SSSR count). The van der Waals surface area contributed by atoms with Gasteiger partial charge in [-0.1, -0.05) is 103 Å². The number of allylic oxidation sites excluding steroid dienone is 1. The van der Waals surface area contributed by atoms with Gasteiger partial charge in [0.15, 0.2) is 0 Å². The van der Waals surface area contributed by atoms with Crippen LogP contribution in [0.1, 0.15) is 12.5 Å². The fraction of sp³-hybridized carbons (Fsp3) is 0.118. The van der Waals surface area contributed by atoms with Crippen molar-refractivity contribution in [2.45, 2.75) is 13.3 Å². The molecule has 0 aliphatic rings. The molecule has 0 bridgehead atoms. The average molecular weight is 469 g/mol. The highest BCUT2D eigenvalue weighted by Gasteiger charge is 2.16. The molecule has 0 saturated heterocycles. The lowest BCUT2D eigenvalue weighted by atomic mass is 9.95. The van der Waals surface area contributed by atoms with E-state index in [1.165, 1.54) is 50.0 Å². The predicted octanol–water partition coefficient (Wildman–Crippen LogP) is 8.39. The Balaban J connectivity index is 1.58. The largest absolute Gasteiger partial charge is 0.337 e. The zero-order chi connectivity index (χ0) is 24.7. The zero-order valence-corrected chi connectivity index (χ0v) is 20.8. The minimum atomic E-state index is 0.608. The monoisotopic (exact) mass is 468 g/mol. The van der Waals surface area contributed by atoms with Gasteiger partial charge < -0.3 is 10.6 Å². The minimum Gasteiger partial charge on any atom is -0.337 e. The Morgan fingerprint density at radius 2 is 1.28 bits per heavy atom. The lowest BCUT2D eigenvalue weighted by molar-refractivity contribution is 0.962. The van der Waals surface area contributed by atoms with Crippen LogP contribution in [0.4, 0.5) is 11.4 Å². The molecule has 0 atom stereocenters. The van der Waals surface area contributed by atoms with E-state index >= 15 is 0 Å². The van der Waals surface area contributed by atoms with Gasteiger partial charge in [-0.05, 0) is 82.7 Å². The number of anilines is 2. The molecule has 2 N–H and O–H groups in total. The van der Waals surface area contributed by atoms with Crippen molar-refractivity contribution >= 4 is 22.1 Å². The summed E-state index contributed by atoms with van der Waals surface area (Å²) in [7, 11) is 0. The third-order valence-electron chi connectivity index (χ3n) is 6.71. The van der Waals surface area contributed by atoms with Gasteiger partial charge in [-0.2, -0.15) is 0 Å². The molecule has 2 heteroatoms. The van der Waals surface area contributed by atoms with E-state index in [4.69, 9.17) is 5.73 Å². The van der Waals surface area contributed by atoms with E-state index in [2.05, 4.69) is 139 Å². The zero-order valence-electron chi connectivity index (χ0n) is 20.8. The van der Waals surface area contributed by atoms with Crippen LogP contribution in [0.15, 0.2) is 127 Å². The number of nitrogens with zero attached hydrogens (tertiary/aromatic N) is 1. The van der Waals surface area contributed by atoms with Crippen LogP contribution in [-0.2, 0) is 6.42 Å². The van der Waals surface area contributed by atoms with E-state index in [9.17, 15) is 0 Å². The highest BCUT2D eigenvalue weighted by Crippen LogP contribution is 2.36. The Hall–Kier alpha value is -4.14. The Kier molecular flexibility index (Phi) is 7.25. The van der Waals surface area contributed by atoms with Gasteiger partial charge in [0.2, 0.25) is 0 Å². The van der Waals surface area contributed by atoms with Gasteiger partial charge in [-0.15, -0.1) is 0 Å². The maximum absolute atomic E-state index is 6.13. The molecule has 0 radical (unpaired) electrons. The predicted molar refractivity (Wildman–Crippen MR) is 156 cm³/mol. The lowest BCUT2D eigenvalue weighted by Crippen LogP contribution is -2.19. The summed E-state index contributed by atoms with van der Waals surface area (Å²) >= 11 is 0. The summed E-state index contributed by atoms with van der Waals surface area (Å²) in [5.41, 5.74) is 14.7. The summed E-state index contributed by atoms with van der Waals surface area (Å²) < 4.78 is 0. The van der Waals surface area contributed by atoms with Crippen molar-refractivity contribution in [3.8, 4) is 22.3 Å². The molecule has 0 heterocycles. The SMILES string of the molecule is C/C=C\CN(c1ccc(-c2ccccc2)cc1)c1ccc2cc(-c3ccccc3)ccc2c1CCN. The third-order valence-corrected chi connectivity index (χ3v) is 6.71. The molecule has 0 aliphatic heterocycles. The van der Waals surface area contributed by atoms with Gasteiger partial charge in [0.1, 0.15) is 0 Å². The summed E-state index contributed by atoms with van der Waals surface area (Å²) in [6, 6.07) is 41.2. The topological polar surface area (TPSA) is 29.3 Å². The van der Waals surface area contributed by atoms with E-state index in [-0.39, 0.29) is 0 Å². The van der Waals surface area contributed by atoms with Crippen molar-refractivity contribution in [1.29, 1.82) is 0 Å². The normalized spacial score (nSPS) is 11.3. The molecule has 0 amide bonds. The van der Waals surface area contributed by atoms with Gasteiger partial charge in [-0.3, -0.25) is 0 Å². The second kappa shape index (κ2) is 11.1. The van der Waals surface area contributed by atoms with Crippen LogP contribution in [-0.4, -0.2) is 13.1 Å². The Morgan fingerprint density at radius 1 is 0.667 bits per heavy atom. The minimum absolute atomic E-state index is 0.608. The van der Waals surface area contributed by atoms with Crippen LogP contribution in [0.2, 0.25) is 0 Å². The quantitative estimate of drug-likeness (QED) is 0.232. The molecular weight excluding hydrogens is 436 g/mol. The van der Waals surface area contributed by atoms with Crippen LogP contribution < -0.4 is 10.6 Å². The molecule has 0 unspecified atom stereocenters. The van der Waals surface area contributed by atoms with Crippen molar-refractivity contribution in [1.82, 2.24) is 0 Å². The molecule has 178 valence electrons. The lowest BCUT2D eigenvalue weighted by Gasteiger charge is -2.27. The van der Waals surface area contributed by atoms with E-state index in [1.807, 2.05) is 0 Å². The molecule has 0 saturated carbocycles. The summed E-state index contributed by atoms with van der Waals surface area (Å²) in [4.78, 5) is 2.39. The van der Waals surface area contributed by atoms with Crippen molar-refractivity contribution in [3.63, 3.8) is 0 Å². The highest BCUT2D eigenvalue weighted by atomic mass is 15.1. The first-order chi connectivity index (χ1) is 17.8. The molecule has 0 aliphatic carbocycles. The second-order valence-corrected chi connectivity index (χ2v) is 9.00. The summed E-state index contributed by atoms with van der Waals surface area (Å²) in [6.45, 7) is 3.48. The maximum atomic E-state index is 6.13. The summed E-state index contributed by atoms with van der Waals surface area (Å²) in [5, 5.41) is 2.51. The van der Waals surface area contributed by atoms with Gasteiger partial charge >= 0.3 is 0 Å². The van der Waals surface area contributed by atoms with Gasteiger partial charge in [0, 0.05) is 17.9 Å². The van der Waals surface area contributed by atoms with Crippen molar-refractivity contribution in [2.75, 3.05) is 18.0 Å². The number of nitrogens with two attached hydrogens (primary N) is 1. The molecular formula is C34H32N2. The molecule has 5 aromatic rings. The van der Waals surface area contributed by atoms with E-state index in [1.54, 1.807) is 0 Å². The summed E-state index contributed by atoms with van der Waals surface area (Å²) in [5.74, 6) is 0. The molecule has 5 aromatic carbocycles. The first kappa shape index (κ1) is 23.6. The van der Waals surface area contributed by atoms with Gasteiger partial charge in [0.05, 0.1) is 0 Å². The van der Waals surface area contributed by atoms with Crippen LogP contribution in [0, 0.1) is 0 Å². The maximum Gasteiger partial charge on any atom is 0.0453 e. The van der Waals surface area contributed by atoms with Crippen LogP contribution in [0.3, 0.4) is 0 Å².